The zero-order valence-electron chi connectivity index (χ0n) is 22.2. The minimum Gasteiger partial charge on any atom is -0.497 e. The van der Waals surface area contributed by atoms with Gasteiger partial charge in [0.15, 0.2) is 0 Å². The largest absolute Gasteiger partial charge is 0.497 e. The molecule has 0 bridgehead atoms. The Kier molecular flexibility index (Phi) is 9.46. The van der Waals surface area contributed by atoms with E-state index in [2.05, 4.69) is 30.0 Å². The minimum absolute atomic E-state index is 0.0255. The lowest BCUT2D eigenvalue weighted by Gasteiger charge is -2.34. The van der Waals surface area contributed by atoms with Crippen LogP contribution in [0.1, 0.15) is 67.8 Å². The Bertz CT molecular complexity index is 991. The van der Waals surface area contributed by atoms with Gasteiger partial charge >= 0.3 is 0 Å². The van der Waals surface area contributed by atoms with Gasteiger partial charge in [-0.15, -0.1) is 0 Å². The van der Waals surface area contributed by atoms with Crippen molar-refractivity contribution in [3.8, 4) is 11.5 Å². The molecule has 5 nitrogen and oxygen atoms in total. The first-order valence-corrected chi connectivity index (χ1v) is 13.5. The van der Waals surface area contributed by atoms with Crippen molar-refractivity contribution < 1.29 is 14.3 Å². The van der Waals surface area contributed by atoms with Gasteiger partial charge in [-0.05, 0) is 62.8 Å². The van der Waals surface area contributed by atoms with Crippen LogP contribution in [0, 0.1) is 5.92 Å². The van der Waals surface area contributed by atoms with Crippen LogP contribution in [-0.2, 0) is 0 Å². The summed E-state index contributed by atoms with van der Waals surface area (Å²) in [4.78, 5) is 18.6. The van der Waals surface area contributed by atoms with Gasteiger partial charge in [0.25, 0.3) is 5.91 Å². The molecule has 0 aromatic heterocycles. The third-order valence-electron chi connectivity index (χ3n) is 7.69. The average molecular weight is 491 g/mol. The summed E-state index contributed by atoms with van der Waals surface area (Å²) in [5.74, 6) is 2.10. The molecule has 36 heavy (non-hydrogen) atoms. The highest BCUT2D eigenvalue weighted by molar-refractivity contribution is 5.95. The van der Waals surface area contributed by atoms with Gasteiger partial charge in [-0.3, -0.25) is 9.69 Å². The van der Waals surface area contributed by atoms with Crippen molar-refractivity contribution in [2.75, 3.05) is 40.4 Å². The lowest BCUT2D eigenvalue weighted by Crippen LogP contribution is -2.45. The summed E-state index contributed by atoms with van der Waals surface area (Å²) in [6.45, 7) is 5.79. The molecule has 2 aromatic carbocycles. The van der Waals surface area contributed by atoms with Gasteiger partial charge in [0.1, 0.15) is 11.5 Å². The van der Waals surface area contributed by atoms with E-state index < -0.39 is 0 Å². The molecule has 1 saturated heterocycles. The highest BCUT2D eigenvalue weighted by Crippen LogP contribution is 2.29. The van der Waals surface area contributed by atoms with Crippen molar-refractivity contribution in [3.05, 3.63) is 65.2 Å². The molecule has 1 aliphatic heterocycles. The molecule has 4 rings (SSSR count). The highest BCUT2D eigenvalue weighted by atomic mass is 16.5. The molecule has 0 unspecified atom stereocenters. The highest BCUT2D eigenvalue weighted by Gasteiger charge is 2.31. The van der Waals surface area contributed by atoms with E-state index >= 15 is 0 Å². The fourth-order valence-corrected chi connectivity index (χ4v) is 5.81. The second kappa shape index (κ2) is 13.0. The first-order chi connectivity index (χ1) is 17.6. The molecule has 2 fully saturated rings. The molecule has 1 atom stereocenters. The Hall–Kier alpha value is -2.79. The first kappa shape index (κ1) is 26.3. The average Bonchev–Trinajstić information content (AvgIpc) is 3.34. The predicted octanol–water partition coefficient (Wildman–Crippen LogP) is 6.29. The molecule has 0 radical (unpaired) electrons. The van der Waals surface area contributed by atoms with Crippen molar-refractivity contribution >= 4 is 12.0 Å². The van der Waals surface area contributed by atoms with E-state index in [0.717, 1.165) is 31.0 Å². The lowest BCUT2D eigenvalue weighted by atomic mass is 9.89. The van der Waals surface area contributed by atoms with Crippen LogP contribution in [0.25, 0.3) is 6.08 Å². The van der Waals surface area contributed by atoms with Crippen molar-refractivity contribution in [2.24, 2.45) is 5.92 Å². The van der Waals surface area contributed by atoms with Gasteiger partial charge in [-0.1, -0.05) is 61.2 Å². The monoisotopic (exact) mass is 490 g/mol. The van der Waals surface area contributed by atoms with Gasteiger partial charge in [-0.2, -0.15) is 0 Å². The Morgan fingerprint density at radius 2 is 1.67 bits per heavy atom. The third kappa shape index (κ3) is 7.13. The van der Waals surface area contributed by atoms with Crippen molar-refractivity contribution in [2.45, 2.75) is 57.9 Å². The standard InChI is InChI=1S/C31H42N2O3/c1-24(17-25-11-6-4-7-12-25)21-33(31(34)27-18-29(35-2)20-30(19-27)36-3)23-28-15-10-16-32(28)22-26-13-8-5-9-14-26/h4,6-7,11-12,17-20,26,28H,5,8-10,13-16,21-23H2,1-3H3/t28-/m0/s1. The smallest absolute Gasteiger partial charge is 0.254 e. The molecule has 1 aliphatic carbocycles. The lowest BCUT2D eigenvalue weighted by molar-refractivity contribution is 0.0709. The van der Waals surface area contributed by atoms with E-state index in [-0.39, 0.29) is 5.91 Å². The number of ether oxygens (including phenoxy) is 2. The van der Waals surface area contributed by atoms with E-state index in [4.69, 9.17) is 9.47 Å². The number of benzene rings is 2. The number of carbonyl (C=O) groups excluding carboxylic acids is 1. The van der Waals surface area contributed by atoms with Crippen molar-refractivity contribution in [1.29, 1.82) is 0 Å². The third-order valence-corrected chi connectivity index (χ3v) is 7.69. The van der Waals surface area contributed by atoms with Crippen LogP contribution in [0.3, 0.4) is 0 Å². The van der Waals surface area contributed by atoms with Crippen molar-refractivity contribution in [3.63, 3.8) is 0 Å². The molecule has 0 spiro atoms. The summed E-state index contributed by atoms with van der Waals surface area (Å²) in [5.41, 5.74) is 2.93. The number of amides is 1. The topological polar surface area (TPSA) is 42.0 Å². The summed E-state index contributed by atoms with van der Waals surface area (Å²) >= 11 is 0. The Morgan fingerprint density at radius 1 is 0.972 bits per heavy atom. The molecule has 194 valence electrons. The fraction of sp³-hybridized carbons (Fsp3) is 0.516. The van der Waals surface area contributed by atoms with E-state index in [1.54, 1.807) is 14.2 Å². The number of likely N-dealkylation sites (tertiary alicyclic amines) is 1. The zero-order chi connectivity index (χ0) is 25.3. The first-order valence-electron chi connectivity index (χ1n) is 13.5. The van der Waals surface area contributed by atoms with Crippen molar-refractivity contribution in [1.82, 2.24) is 9.80 Å². The van der Waals surface area contributed by atoms with E-state index in [1.807, 2.05) is 41.3 Å². The predicted molar refractivity (Wildman–Crippen MR) is 147 cm³/mol. The second-order valence-corrected chi connectivity index (χ2v) is 10.5. The van der Waals surface area contributed by atoms with Gasteiger partial charge in [0, 0.05) is 37.3 Å². The van der Waals surface area contributed by atoms with Crippen LogP contribution in [0.4, 0.5) is 0 Å². The number of nitrogens with zero attached hydrogens (tertiary/aromatic N) is 2. The Labute approximate surface area is 217 Å². The number of hydrogen-bond acceptors (Lipinski definition) is 4. The maximum atomic E-state index is 13.9. The second-order valence-electron chi connectivity index (χ2n) is 10.5. The summed E-state index contributed by atoms with van der Waals surface area (Å²) in [5, 5.41) is 0. The molecule has 0 N–H and O–H groups in total. The maximum absolute atomic E-state index is 13.9. The van der Waals surface area contributed by atoms with Gasteiger partial charge in [0.2, 0.25) is 0 Å². The maximum Gasteiger partial charge on any atom is 0.254 e. The summed E-state index contributed by atoms with van der Waals surface area (Å²) in [7, 11) is 3.24. The molecule has 5 heteroatoms. The van der Waals surface area contributed by atoms with E-state index in [9.17, 15) is 4.79 Å². The normalized spacial score (nSPS) is 19.3. The van der Waals surface area contributed by atoms with Crippen LogP contribution < -0.4 is 9.47 Å². The number of rotatable bonds is 10. The van der Waals surface area contributed by atoms with Crippen LogP contribution >= 0.6 is 0 Å². The molecular formula is C31H42N2O3. The Balaban J connectivity index is 1.55. The number of methoxy groups -OCH3 is 2. The van der Waals surface area contributed by atoms with Gasteiger partial charge in [0.05, 0.1) is 14.2 Å². The van der Waals surface area contributed by atoms with Crippen LogP contribution in [0.2, 0.25) is 0 Å². The molecule has 1 heterocycles. The molecule has 2 aromatic rings. The SMILES string of the molecule is COc1cc(OC)cc(C(=O)N(CC(C)=Cc2ccccc2)C[C@@H]2CCCN2CC2CCCCC2)c1. The fourth-order valence-electron chi connectivity index (χ4n) is 5.81. The zero-order valence-corrected chi connectivity index (χ0v) is 22.2. The van der Waals surface area contributed by atoms with Crippen LogP contribution in [0.15, 0.2) is 54.1 Å². The quantitative estimate of drug-likeness (QED) is 0.392. The molecular weight excluding hydrogens is 448 g/mol. The van der Waals surface area contributed by atoms with Crippen LogP contribution in [0.5, 0.6) is 11.5 Å². The van der Waals surface area contributed by atoms with E-state index in [1.165, 1.54) is 50.6 Å². The Morgan fingerprint density at radius 3 is 2.33 bits per heavy atom. The summed E-state index contributed by atoms with van der Waals surface area (Å²) in [6.07, 6.45) is 11.4. The molecule has 2 aliphatic rings. The number of hydrogen-bond donors (Lipinski definition) is 0. The van der Waals surface area contributed by atoms with Gasteiger partial charge < -0.3 is 14.4 Å². The van der Waals surface area contributed by atoms with Crippen LogP contribution in [-0.4, -0.2) is 62.1 Å². The van der Waals surface area contributed by atoms with Gasteiger partial charge in [-0.25, -0.2) is 0 Å². The molecule has 1 amide bonds. The minimum atomic E-state index is 0.0255. The summed E-state index contributed by atoms with van der Waals surface area (Å²) < 4.78 is 10.9. The molecule has 1 saturated carbocycles. The number of carbonyl (C=O) groups is 1. The van der Waals surface area contributed by atoms with E-state index in [0.29, 0.717) is 29.6 Å². The summed E-state index contributed by atoms with van der Waals surface area (Å²) in [6, 6.07) is 16.2.